The molecule has 0 bridgehead atoms. The maximum atomic E-state index is 5.61. The minimum Gasteiger partial charge on any atom is -0.385 e. The lowest BCUT2D eigenvalue weighted by Crippen LogP contribution is -1.96. The molecule has 0 aliphatic rings. The Bertz CT molecular complexity index is 257. The summed E-state index contributed by atoms with van der Waals surface area (Å²) in [6, 6.07) is 0. The van der Waals surface area contributed by atoms with Gasteiger partial charge in [0.05, 0.1) is 0 Å². The van der Waals surface area contributed by atoms with Gasteiger partial charge in [0, 0.05) is 31.9 Å². The first kappa shape index (κ1) is 10.3. The van der Waals surface area contributed by atoms with Gasteiger partial charge in [-0.3, -0.25) is 0 Å². The minimum absolute atomic E-state index is 0.505. The van der Waals surface area contributed by atoms with Crippen LogP contribution in [0, 0.1) is 0 Å². The Morgan fingerprint density at radius 3 is 2.92 bits per heavy atom. The molecule has 1 aromatic heterocycles. The van der Waals surface area contributed by atoms with E-state index in [9.17, 15) is 0 Å². The topological polar surface area (TPSA) is 61.0 Å². The largest absolute Gasteiger partial charge is 0.385 e. The second-order valence-corrected chi connectivity index (χ2v) is 3.53. The molecule has 0 aliphatic carbocycles. The van der Waals surface area contributed by atoms with Gasteiger partial charge in [-0.25, -0.2) is 9.97 Å². The predicted molar refractivity (Wildman–Crippen MR) is 53.7 cm³/mol. The molecule has 72 valence electrons. The van der Waals surface area contributed by atoms with Crippen LogP contribution in [0.25, 0.3) is 0 Å². The lowest BCUT2D eigenvalue weighted by atomic mass is 10.5. The van der Waals surface area contributed by atoms with Crippen LogP contribution in [0.5, 0.6) is 0 Å². The van der Waals surface area contributed by atoms with Gasteiger partial charge in [-0.1, -0.05) is 0 Å². The van der Waals surface area contributed by atoms with Crippen LogP contribution in [0.3, 0.4) is 0 Å². The lowest BCUT2D eigenvalue weighted by Gasteiger charge is -2.01. The van der Waals surface area contributed by atoms with Crippen molar-refractivity contribution in [3.63, 3.8) is 0 Å². The summed E-state index contributed by atoms with van der Waals surface area (Å²) in [4.78, 5) is 8.05. The van der Waals surface area contributed by atoms with E-state index in [1.54, 1.807) is 31.3 Å². The molecule has 1 aromatic rings. The smallest absolute Gasteiger partial charge is 0.156 e. The first-order valence-corrected chi connectivity index (χ1v) is 5.01. The SMILES string of the molecule is COCCCSc1nccnc1N. The summed E-state index contributed by atoms with van der Waals surface area (Å²) in [5.74, 6) is 1.46. The summed E-state index contributed by atoms with van der Waals surface area (Å²) in [5.41, 5.74) is 5.61. The Morgan fingerprint density at radius 1 is 1.46 bits per heavy atom. The Hall–Kier alpha value is -0.810. The second-order valence-electron chi connectivity index (χ2n) is 2.44. The molecule has 0 spiro atoms. The highest BCUT2D eigenvalue weighted by Crippen LogP contribution is 2.19. The molecule has 4 nitrogen and oxygen atoms in total. The van der Waals surface area contributed by atoms with Crippen LogP contribution in [0.15, 0.2) is 17.4 Å². The predicted octanol–water partition coefficient (Wildman–Crippen LogP) is 1.19. The van der Waals surface area contributed by atoms with Crippen molar-refractivity contribution in [1.29, 1.82) is 0 Å². The summed E-state index contributed by atoms with van der Waals surface area (Å²) >= 11 is 1.61. The van der Waals surface area contributed by atoms with Crippen LogP contribution >= 0.6 is 11.8 Å². The van der Waals surface area contributed by atoms with E-state index >= 15 is 0 Å². The van der Waals surface area contributed by atoms with E-state index in [1.807, 2.05) is 0 Å². The standard InChI is InChI=1S/C8H13N3OS/c1-12-5-2-6-13-8-7(9)10-3-4-11-8/h3-4H,2,5-6H2,1H3,(H2,9,10). The molecule has 2 N–H and O–H groups in total. The molecule has 0 aliphatic heterocycles. The number of anilines is 1. The second kappa shape index (κ2) is 5.77. The molecule has 0 saturated heterocycles. The van der Waals surface area contributed by atoms with Crippen LogP contribution in [-0.4, -0.2) is 29.4 Å². The number of nitrogen functional groups attached to an aromatic ring is 1. The third-order valence-electron chi connectivity index (χ3n) is 1.42. The molecule has 13 heavy (non-hydrogen) atoms. The third-order valence-corrected chi connectivity index (χ3v) is 2.50. The highest BCUT2D eigenvalue weighted by atomic mass is 32.2. The molecule has 0 aromatic carbocycles. The molecule has 0 amide bonds. The summed E-state index contributed by atoms with van der Waals surface area (Å²) in [5, 5.41) is 0.804. The highest BCUT2D eigenvalue weighted by molar-refractivity contribution is 7.99. The summed E-state index contributed by atoms with van der Waals surface area (Å²) in [6.45, 7) is 0.771. The Labute approximate surface area is 81.9 Å². The molecule has 0 radical (unpaired) electrons. The minimum atomic E-state index is 0.505. The first-order chi connectivity index (χ1) is 6.34. The van der Waals surface area contributed by atoms with E-state index in [2.05, 4.69) is 9.97 Å². The van der Waals surface area contributed by atoms with E-state index in [0.717, 1.165) is 23.8 Å². The van der Waals surface area contributed by atoms with Gasteiger partial charge in [0.2, 0.25) is 0 Å². The van der Waals surface area contributed by atoms with Gasteiger partial charge in [-0.05, 0) is 6.42 Å². The number of hydrogen-bond donors (Lipinski definition) is 1. The number of ether oxygens (including phenoxy) is 1. The number of hydrogen-bond acceptors (Lipinski definition) is 5. The van der Waals surface area contributed by atoms with Crippen molar-refractivity contribution < 1.29 is 4.74 Å². The number of nitrogens with two attached hydrogens (primary N) is 1. The molecule has 1 heterocycles. The van der Waals surface area contributed by atoms with Crippen LogP contribution in [-0.2, 0) is 4.74 Å². The Morgan fingerprint density at radius 2 is 2.23 bits per heavy atom. The average molecular weight is 199 g/mol. The summed E-state index contributed by atoms with van der Waals surface area (Å²) in [6.07, 6.45) is 4.24. The molecule has 0 fully saturated rings. The Balaban J connectivity index is 2.32. The first-order valence-electron chi connectivity index (χ1n) is 4.03. The van der Waals surface area contributed by atoms with Crippen LogP contribution in [0.4, 0.5) is 5.82 Å². The van der Waals surface area contributed by atoms with Gasteiger partial charge in [0.1, 0.15) is 5.03 Å². The normalized spacial score (nSPS) is 10.2. The lowest BCUT2D eigenvalue weighted by molar-refractivity contribution is 0.200. The average Bonchev–Trinajstić information content (AvgIpc) is 2.15. The number of rotatable bonds is 5. The summed E-state index contributed by atoms with van der Waals surface area (Å²) < 4.78 is 4.93. The Kier molecular flexibility index (Phi) is 4.56. The van der Waals surface area contributed by atoms with E-state index in [4.69, 9.17) is 10.5 Å². The van der Waals surface area contributed by atoms with Gasteiger partial charge < -0.3 is 10.5 Å². The molecule has 0 atom stereocenters. The zero-order valence-corrected chi connectivity index (χ0v) is 8.38. The molecule has 1 rings (SSSR count). The fourth-order valence-electron chi connectivity index (χ4n) is 0.819. The molecule has 0 unspecified atom stereocenters. The van der Waals surface area contributed by atoms with Crippen molar-refractivity contribution >= 4 is 17.6 Å². The van der Waals surface area contributed by atoms with Gasteiger partial charge in [0.25, 0.3) is 0 Å². The molecular weight excluding hydrogens is 186 g/mol. The van der Waals surface area contributed by atoms with Gasteiger partial charge in [-0.15, -0.1) is 11.8 Å². The van der Waals surface area contributed by atoms with E-state index < -0.39 is 0 Å². The monoisotopic (exact) mass is 199 g/mol. The fourth-order valence-corrected chi connectivity index (χ4v) is 1.61. The number of thioether (sulfide) groups is 1. The zero-order chi connectivity index (χ0) is 9.52. The molecule has 0 saturated carbocycles. The van der Waals surface area contributed by atoms with Crippen molar-refractivity contribution in [2.45, 2.75) is 11.4 Å². The van der Waals surface area contributed by atoms with Crippen molar-refractivity contribution in [1.82, 2.24) is 9.97 Å². The third kappa shape index (κ3) is 3.61. The maximum Gasteiger partial charge on any atom is 0.156 e. The number of methoxy groups -OCH3 is 1. The van der Waals surface area contributed by atoms with E-state index in [-0.39, 0.29) is 0 Å². The van der Waals surface area contributed by atoms with Crippen LogP contribution in [0.1, 0.15) is 6.42 Å². The van der Waals surface area contributed by atoms with Crippen molar-refractivity contribution in [3.05, 3.63) is 12.4 Å². The van der Waals surface area contributed by atoms with Gasteiger partial charge >= 0.3 is 0 Å². The highest BCUT2D eigenvalue weighted by Gasteiger charge is 2.00. The van der Waals surface area contributed by atoms with Gasteiger partial charge in [0.15, 0.2) is 5.82 Å². The van der Waals surface area contributed by atoms with Crippen LogP contribution < -0.4 is 5.73 Å². The number of aromatic nitrogens is 2. The molecule has 5 heteroatoms. The number of nitrogens with zero attached hydrogens (tertiary/aromatic N) is 2. The molecular formula is C8H13N3OS. The fraction of sp³-hybridized carbons (Fsp3) is 0.500. The van der Waals surface area contributed by atoms with E-state index in [0.29, 0.717) is 5.82 Å². The maximum absolute atomic E-state index is 5.61. The summed E-state index contributed by atoms with van der Waals surface area (Å²) in [7, 11) is 1.70. The van der Waals surface area contributed by atoms with Crippen molar-refractivity contribution in [2.75, 3.05) is 25.2 Å². The van der Waals surface area contributed by atoms with Crippen molar-refractivity contribution in [3.8, 4) is 0 Å². The quantitative estimate of drug-likeness (QED) is 0.570. The van der Waals surface area contributed by atoms with Crippen molar-refractivity contribution in [2.24, 2.45) is 0 Å². The van der Waals surface area contributed by atoms with E-state index in [1.165, 1.54) is 0 Å². The van der Waals surface area contributed by atoms with Crippen LogP contribution in [0.2, 0.25) is 0 Å². The zero-order valence-electron chi connectivity index (χ0n) is 7.56. The van der Waals surface area contributed by atoms with Gasteiger partial charge in [-0.2, -0.15) is 0 Å².